The molecule has 1 aromatic carbocycles. The van der Waals surface area contributed by atoms with Gasteiger partial charge in [0.15, 0.2) is 5.78 Å². The maximum absolute atomic E-state index is 13.7. The van der Waals surface area contributed by atoms with Crippen LogP contribution in [0.5, 0.6) is 0 Å². The maximum atomic E-state index is 13.7. The van der Waals surface area contributed by atoms with Gasteiger partial charge in [0.1, 0.15) is 5.82 Å². The van der Waals surface area contributed by atoms with Gasteiger partial charge >= 0.3 is 6.03 Å². The minimum absolute atomic E-state index is 0.0215. The van der Waals surface area contributed by atoms with Gasteiger partial charge in [0.2, 0.25) is 0 Å². The van der Waals surface area contributed by atoms with Crippen LogP contribution in [0, 0.1) is 12.8 Å². The number of urea groups is 1. The number of amides is 2. The monoisotopic (exact) mass is 489 g/mol. The third-order valence-electron chi connectivity index (χ3n) is 9.00. The molecule has 3 fully saturated rings. The smallest absolute Gasteiger partial charge is 0.317 e. The van der Waals surface area contributed by atoms with E-state index in [2.05, 4.69) is 64.2 Å². The number of rotatable bonds is 8. The van der Waals surface area contributed by atoms with Crippen molar-refractivity contribution in [1.29, 1.82) is 0 Å². The van der Waals surface area contributed by atoms with E-state index in [9.17, 15) is 9.59 Å². The number of aryl methyl sites for hydroxylation is 1. The summed E-state index contributed by atoms with van der Waals surface area (Å²) in [6.45, 7) is 3.47. The van der Waals surface area contributed by atoms with Crippen molar-refractivity contribution in [3.63, 3.8) is 0 Å². The topological polar surface area (TPSA) is 69.6 Å². The molecule has 36 heavy (non-hydrogen) atoms. The highest BCUT2D eigenvalue weighted by atomic mass is 16.2. The molecular weight excluding hydrogens is 450 g/mol. The molecule has 5 rings (SSSR count). The number of hydrogen-bond donors (Lipinski definition) is 0. The summed E-state index contributed by atoms with van der Waals surface area (Å²) in [4.78, 5) is 41.5. The zero-order chi connectivity index (χ0) is 25.3. The Balaban J connectivity index is 1.33. The van der Waals surface area contributed by atoms with Crippen molar-refractivity contribution in [2.75, 3.05) is 33.7 Å². The second kappa shape index (κ2) is 9.92. The molecule has 2 aliphatic carbocycles. The summed E-state index contributed by atoms with van der Waals surface area (Å²) in [5.41, 5.74) is 1.95. The first-order valence-corrected chi connectivity index (χ1v) is 13.4. The Morgan fingerprint density at radius 3 is 2.31 bits per heavy atom. The predicted molar refractivity (Wildman–Crippen MR) is 140 cm³/mol. The van der Waals surface area contributed by atoms with E-state index in [1.165, 1.54) is 24.8 Å². The molecule has 0 radical (unpaired) electrons. The highest BCUT2D eigenvalue weighted by Gasteiger charge is 2.55. The van der Waals surface area contributed by atoms with Crippen molar-refractivity contribution in [3.05, 3.63) is 59.7 Å². The van der Waals surface area contributed by atoms with Crippen molar-refractivity contribution in [1.82, 2.24) is 24.7 Å². The van der Waals surface area contributed by atoms with Crippen molar-refractivity contribution < 1.29 is 9.59 Å². The van der Waals surface area contributed by atoms with E-state index in [1.54, 1.807) is 12.4 Å². The van der Waals surface area contributed by atoms with Gasteiger partial charge in [-0.15, -0.1) is 0 Å². The summed E-state index contributed by atoms with van der Waals surface area (Å²) in [6.07, 6.45) is 11.3. The van der Waals surface area contributed by atoms with Crippen molar-refractivity contribution >= 4 is 11.8 Å². The molecule has 1 spiro atoms. The second-order valence-corrected chi connectivity index (χ2v) is 11.4. The van der Waals surface area contributed by atoms with Crippen LogP contribution in [0.3, 0.4) is 0 Å². The average Bonchev–Trinajstić information content (AvgIpc) is 3.08. The molecule has 2 aromatic rings. The average molecular weight is 490 g/mol. The second-order valence-electron chi connectivity index (χ2n) is 11.4. The Morgan fingerprint density at radius 2 is 1.72 bits per heavy atom. The number of carbonyl (C=O) groups excluding carboxylic acids is 2. The number of Topliss-reactive ketones (excluding diaryl/α,β-unsaturated/α-hetero) is 1. The summed E-state index contributed by atoms with van der Waals surface area (Å²) in [6, 6.07) is 10.9. The lowest BCUT2D eigenvalue weighted by molar-refractivity contribution is -0.119. The minimum Gasteiger partial charge on any atom is -0.317 e. The van der Waals surface area contributed by atoms with Gasteiger partial charge in [-0.05, 0) is 76.6 Å². The molecule has 2 amide bonds. The fourth-order valence-corrected chi connectivity index (χ4v) is 6.52. The van der Waals surface area contributed by atoms with Gasteiger partial charge in [0.05, 0.1) is 12.1 Å². The number of hydrogen-bond acceptors (Lipinski definition) is 5. The molecule has 0 N–H and O–H groups in total. The number of aromatic nitrogens is 2. The van der Waals surface area contributed by atoms with Crippen LogP contribution in [0.1, 0.15) is 61.9 Å². The molecule has 1 saturated heterocycles. The van der Waals surface area contributed by atoms with Crippen LogP contribution in [0.2, 0.25) is 0 Å². The third-order valence-corrected chi connectivity index (χ3v) is 9.00. The van der Waals surface area contributed by atoms with Gasteiger partial charge in [-0.1, -0.05) is 36.8 Å². The highest BCUT2D eigenvalue weighted by Crippen LogP contribution is 2.49. The van der Waals surface area contributed by atoms with E-state index in [-0.39, 0.29) is 35.9 Å². The van der Waals surface area contributed by atoms with Crippen LogP contribution in [-0.2, 0) is 16.8 Å². The van der Waals surface area contributed by atoms with E-state index in [0.717, 1.165) is 37.8 Å². The van der Waals surface area contributed by atoms with Crippen molar-refractivity contribution in [3.8, 4) is 0 Å². The van der Waals surface area contributed by atoms with Gasteiger partial charge in [0.25, 0.3) is 0 Å². The molecule has 0 bridgehead atoms. The fourth-order valence-electron chi connectivity index (χ4n) is 6.52. The highest BCUT2D eigenvalue weighted by molar-refractivity contribution is 5.88. The minimum atomic E-state index is -0.186. The summed E-state index contributed by atoms with van der Waals surface area (Å²) in [5.74, 6) is 1.33. The SMILES string of the molecule is Cc1ncc(CC(=O)CN2CC3(CCC(c4ccccc4)(N(C)C)CC3)N(CC3CCC3)C2=O)cn1. The van der Waals surface area contributed by atoms with E-state index < -0.39 is 0 Å². The third kappa shape index (κ3) is 4.65. The lowest BCUT2D eigenvalue weighted by Crippen LogP contribution is -2.56. The number of carbonyl (C=O) groups is 2. The lowest BCUT2D eigenvalue weighted by atomic mass is 9.68. The van der Waals surface area contributed by atoms with Crippen LogP contribution >= 0.6 is 0 Å². The first kappa shape index (κ1) is 24.9. The summed E-state index contributed by atoms with van der Waals surface area (Å²) in [5, 5.41) is 0. The maximum Gasteiger partial charge on any atom is 0.321 e. The quantitative estimate of drug-likeness (QED) is 0.556. The van der Waals surface area contributed by atoms with Crippen LogP contribution in [0.15, 0.2) is 42.7 Å². The molecule has 7 nitrogen and oxygen atoms in total. The van der Waals surface area contributed by atoms with Crippen molar-refractivity contribution in [2.24, 2.45) is 5.92 Å². The first-order valence-electron chi connectivity index (χ1n) is 13.4. The van der Waals surface area contributed by atoms with Crippen LogP contribution in [-0.4, -0.2) is 75.8 Å². The molecule has 1 aromatic heterocycles. The predicted octanol–water partition coefficient (Wildman–Crippen LogP) is 4.20. The number of nitrogens with zero attached hydrogens (tertiary/aromatic N) is 5. The zero-order valence-corrected chi connectivity index (χ0v) is 21.9. The van der Waals surface area contributed by atoms with Gasteiger partial charge in [0, 0.05) is 37.4 Å². The van der Waals surface area contributed by atoms with E-state index in [4.69, 9.17) is 0 Å². The van der Waals surface area contributed by atoms with Gasteiger partial charge in [-0.2, -0.15) is 0 Å². The number of benzene rings is 1. The molecule has 1 aliphatic heterocycles. The summed E-state index contributed by atoms with van der Waals surface area (Å²) < 4.78 is 0. The van der Waals surface area contributed by atoms with E-state index >= 15 is 0 Å². The zero-order valence-electron chi connectivity index (χ0n) is 21.9. The first-order chi connectivity index (χ1) is 17.3. The largest absolute Gasteiger partial charge is 0.321 e. The molecule has 2 saturated carbocycles. The Hall–Kier alpha value is -2.80. The Labute approximate surface area is 214 Å². The molecule has 0 atom stereocenters. The Bertz CT molecular complexity index is 1070. The number of ketones is 1. The molecule has 2 heterocycles. The van der Waals surface area contributed by atoms with E-state index in [0.29, 0.717) is 18.3 Å². The summed E-state index contributed by atoms with van der Waals surface area (Å²) >= 11 is 0. The van der Waals surface area contributed by atoms with Crippen LogP contribution < -0.4 is 0 Å². The van der Waals surface area contributed by atoms with Crippen molar-refractivity contribution in [2.45, 2.75) is 69.4 Å². The van der Waals surface area contributed by atoms with Gasteiger partial charge in [-0.25, -0.2) is 14.8 Å². The molecule has 7 heteroatoms. The van der Waals surface area contributed by atoms with Gasteiger partial charge in [-0.3, -0.25) is 9.69 Å². The molecule has 0 unspecified atom stereocenters. The van der Waals surface area contributed by atoms with Crippen LogP contribution in [0.25, 0.3) is 0 Å². The Kier molecular flexibility index (Phi) is 6.86. The van der Waals surface area contributed by atoms with E-state index in [1.807, 2.05) is 11.8 Å². The Morgan fingerprint density at radius 1 is 1.06 bits per heavy atom. The normalized spacial score (nSPS) is 26.6. The molecular formula is C29H39N5O2. The lowest BCUT2D eigenvalue weighted by Gasteiger charge is -2.51. The standard InChI is InChI=1S/C29H39N5O2/c1-22-30-17-24(18-31-22)16-26(35)20-33-21-28(34(27(33)36)19-23-8-7-9-23)12-14-29(15-13-28,32(2)3)25-10-5-4-6-11-25/h4-6,10-11,17-18,23H,7-9,12-16,19-21H2,1-3H3. The van der Waals surface area contributed by atoms with Gasteiger partial charge < -0.3 is 9.80 Å². The summed E-state index contributed by atoms with van der Waals surface area (Å²) in [7, 11) is 4.35. The molecule has 3 aliphatic rings. The fraction of sp³-hybridized carbons (Fsp3) is 0.586. The molecule has 192 valence electrons. The van der Waals surface area contributed by atoms with Crippen LogP contribution in [0.4, 0.5) is 4.79 Å².